The number of carbonyl (C=O) groups excluding carboxylic acids is 1. The van der Waals surface area contributed by atoms with Crippen molar-refractivity contribution in [2.45, 2.75) is 45.1 Å². The largest absolute Gasteiger partial charge is 0.366 e. The summed E-state index contributed by atoms with van der Waals surface area (Å²) in [6, 6.07) is 6.27. The Morgan fingerprint density at radius 1 is 1.21 bits per heavy atom. The Kier molecular flexibility index (Phi) is 5.13. The van der Waals surface area contributed by atoms with Crippen molar-refractivity contribution in [2.75, 3.05) is 0 Å². The Bertz CT molecular complexity index is 850. The van der Waals surface area contributed by atoms with E-state index in [0.717, 1.165) is 11.4 Å². The second kappa shape index (κ2) is 6.76. The molecule has 0 fully saturated rings. The lowest BCUT2D eigenvalue weighted by atomic mass is 10.1. The van der Waals surface area contributed by atoms with E-state index in [-0.39, 0.29) is 10.9 Å². The summed E-state index contributed by atoms with van der Waals surface area (Å²) in [5.41, 5.74) is 7.73. The van der Waals surface area contributed by atoms with Crippen LogP contribution in [0.5, 0.6) is 0 Å². The van der Waals surface area contributed by atoms with E-state index in [4.69, 9.17) is 5.73 Å². The van der Waals surface area contributed by atoms with Crippen LogP contribution in [-0.2, 0) is 22.1 Å². The molecule has 2 aromatic rings. The molecule has 24 heavy (non-hydrogen) atoms. The number of amides is 1. The number of imidazole rings is 1. The lowest BCUT2D eigenvalue weighted by Gasteiger charge is -2.13. The van der Waals surface area contributed by atoms with Crippen LogP contribution in [0.25, 0.3) is 0 Å². The molecule has 0 radical (unpaired) electrons. The van der Waals surface area contributed by atoms with Crippen LogP contribution in [0.1, 0.15) is 41.2 Å². The third-order valence-corrected chi connectivity index (χ3v) is 5.43. The van der Waals surface area contributed by atoms with Crippen molar-refractivity contribution < 1.29 is 13.2 Å². The zero-order valence-corrected chi connectivity index (χ0v) is 15.2. The third-order valence-electron chi connectivity index (χ3n) is 3.84. The van der Waals surface area contributed by atoms with Gasteiger partial charge in [0.2, 0.25) is 20.9 Å². The van der Waals surface area contributed by atoms with Gasteiger partial charge in [-0.15, -0.1) is 0 Å². The highest BCUT2D eigenvalue weighted by Gasteiger charge is 2.25. The maximum absolute atomic E-state index is 12.8. The highest BCUT2D eigenvalue weighted by atomic mass is 32.2. The summed E-state index contributed by atoms with van der Waals surface area (Å²) >= 11 is 0. The fourth-order valence-corrected chi connectivity index (χ4v) is 4.07. The highest BCUT2D eigenvalue weighted by Crippen LogP contribution is 2.21. The number of nitrogens with two attached hydrogens (primary N) is 1. The molecule has 0 aliphatic carbocycles. The molecule has 1 amide bonds. The Labute approximate surface area is 142 Å². The average molecular weight is 349 g/mol. The van der Waals surface area contributed by atoms with Gasteiger partial charge in [-0.2, -0.15) is 0 Å². The van der Waals surface area contributed by atoms with Crippen molar-refractivity contribution >= 4 is 15.7 Å². The van der Waals surface area contributed by atoms with E-state index in [0.29, 0.717) is 23.6 Å². The molecular formula is C17H23N3O3S. The van der Waals surface area contributed by atoms with E-state index >= 15 is 0 Å². The molecule has 1 aromatic carbocycles. The van der Waals surface area contributed by atoms with E-state index in [1.54, 1.807) is 16.7 Å². The normalized spacial score (nSPS) is 11.9. The predicted octanol–water partition coefficient (Wildman–Crippen LogP) is 2.23. The fraction of sp³-hybridized carbons (Fsp3) is 0.412. The first kappa shape index (κ1) is 18.2. The number of sulfone groups is 1. The van der Waals surface area contributed by atoms with Crippen LogP contribution in [0.2, 0.25) is 0 Å². The van der Waals surface area contributed by atoms with Gasteiger partial charge in [-0.05, 0) is 37.5 Å². The first-order valence-electron chi connectivity index (χ1n) is 7.77. The van der Waals surface area contributed by atoms with Crippen LogP contribution >= 0.6 is 0 Å². The Balaban J connectivity index is 2.37. The number of benzene rings is 1. The van der Waals surface area contributed by atoms with Gasteiger partial charge >= 0.3 is 0 Å². The number of rotatable bonds is 6. The van der Waals surface area contributed by atoms with Crippen molar-refractivity contribution in [3.63, 3.8) is 0 Å². The monoisotopic (exact) mass is 349 g/mol. The molecule has 0 bridgehead atoms. The number of aryl methyl sites for hydroxylation is 1. The molecule has 2 N–H and O–H groups in total. The molecule has 0 aliphatic heterocycles. The first-order chi connectivity index (χ1) is 11.1. The van der Waals surface area contributed by atoms with Crippen LogP contribution < -0.4 is 5.73 Å². The molecule has 0 atom stereocenters. The van der Waals surface area contributed by atoms with Crippen molar-refractivity contribution in [2.24, 2.45) is 11.7 Å². The van der Waals surface area contributed by atoms with Gasteiger partial charge in [0.05, 0.1) is 11.4 Å². The summed E-state index contributed by atoms with van der Waals surface area (Å²) in [6.07, 6.45) is 0. The van der Waals surface area contributed by atoms with Gasteiger partial charge in [0.25, 0.3) is 0 Å². The Morgan fingerprint density at radius 3 is 2.29 bits per heavy atom. The summed E-state index contributed by atoms with van der Waals surface area (Å²) in [5.74, 6) is -0.399. The molecule has 2 rings (SSSR count). The molecule has 130 valence electrons. The Morgan fingerprint density at radius 2 is 1.79 bits per heavy atom. The van der Waals surface area contributed by atoms with E-state index < -0.39 is 15.7 Å². The zero-order chi connectivity index (χ0) is 18.1. The van der Waals surface area contributed by atoms with Gasteiger partial charge in [-0.3, -0.25) is 4.79 Å². The summed E-state index contributed by atoms with van der Waals surface area (Å²) < 4.78 is 27.4. The van der Waals surface area contributed by atoms with Gasteiger partial charge in [0, 0.05) is 17.8 Å². The van der Waals surface area contributed by atoms with Crippen LogP contribution in [0.4, 0.5) is 0 Å². The lowest BCUT2D eigenvalue weighted by molar-refractivity contribution is 0.100. The second-order valence-corrected chi connectivity index (χ2v) is 8.27. The van der Waals surface area contributed by atoms with Gasteiger partial charge < -0.3 is 10.3 Å². The standard InChI is InChI=1S/C17H23N3O3S/c1-11(2)9-20-13(4)12(3)19-17(20)24(22,23)10-14-5-7-15(8-6-14)16(18)21/h5-8,11H,9-10H2,1-4H3,(H2,18,21). The third kappa shape index (κ3) is 3.84. The number of hydrogen-bond donors (Lipinski definition) is 1. The minimum Gasteiger partial charge on any atom is -0.366 e. The maximum atomic E-state index is 12.8. The molecule has 6 nitrogen and oxygen atoms in total. The molecule has 1 aromatic heterocycles. The molecule has 7 heteroatoms. The number of aromatic nitrogens is 2. The van der Waals surface area contributed by atoms with E-state index in [9.17, 15) is 13.2 Å². The van der Waals surface area contributed by atoms with Crippen molar-refractivity contribution in [3.05, 3.63) is 46.8 Å². The summed E-state index contributed by atoms with van der Waals surface area (Å²) in [6.45, 7) is 8.36. The molecule has 0 unspecified atom stereocenters. The fourth-order valence-electron chi connectivity index (χ4n) is 2.49. The van der Waals surface area contributed by atoms with Gasteiger partial charge in [-0.25, -0.2) is 13.4 Å². The average Bonchev–Trinajstić information content (AvgIpc) is 2.76. The summed E-state index contributed by atoms with van der Waals surface area (Å²) in [4.78, 5) is 15.4. The van der Waals surface area contributed by atoms with E-state index in [1.807, 2.05) is 27.7 Å². The predicted molar refractivity (Wildman–Crippen MR) is 92.4 cm³/mol. The minimum absolute atomic E-state index is 0.102. The molecule has 0 spiro atoms. The second-order valence-electron chi connectivity index (χ2n) is 6.39. The van der Waals surface area contributed by atoms with Crippen LogP contribution in [0.3, 0.4) is 0 Å². The molecule has 0 saturated heterocycles. The van der Waals surface area contributed by atoms with Crippen LogP contribution in [0.15, 0.2) is 29.4 Å². The van der Waals surface area contributed by atoms with Crippen molar-refractivity contribution in [1.82, 2.24) is 9.55 Å². The van der Waals surface area contributed by atoms with Crippen LogP contribution in [0, 0.1) is 19.8 Å². The highest BCUT2D eigenvalue weighted by molar-refractivity contribution is 7.90. The number of carbonyl (C=O) groups is 1. The number of primary amides is 1. The lowest BCUT2D eigenvalue weighted by Crippen LogP contribution is -2.16. The molecular weight excluding hydrogens is 326 g/mol. The Hall–Kier alpha value is -2.15. The van der Waals surface area contributed by atoms with Gasteiger partial charge in [-0.1, -0.05) is 26.0 Å². The first-order valence-corrected chi connectivity index (χ1v) is 9.42. The van der Waals surface area contributed by atoms with Crippen molar-refractivity contribution in [3.8, 4) is 0 Å². The van der Waals surface area contributed by atoms with E-state index in [1.165, 1.54) is 12.1 Å². The smallest absolute Gasteiger partial charge is 0.248 e. The maximum Gasteiger partial charge on any atom is 0.248 e. The molecule has 0 aliphatic rings. The van der Waals surface area contributed by atoms with Crippen LogP contribution in [-0.4, -0.2) is 23.9 Å². The topological polar surface area (TPSA) is 95.1 Å². The molecule has 1 heterocycles. The number of hydrogen-bond acceptors (Lipinski definition) is 4. The van der Waals surface area contributed by atoms with Crippen molar-refractivity contribution in [1.29, 1.82) is 0 Å². The summed E-state index contributed by atoms with van der Waals surface area (Å²) in [7, 11) is -3.59. The quantitative estimate of drug-likeness (QED) is 0.865. The van der Waals surface area contributed by atoms with Gasteiger partial charge in [0.1, 0.15) is 0 Å². The number of nitrogens with zero attached hydrogens (tertiary/aromatic N) is 2. The summed E-state index contributed by atoms with van der Waals surface area (Å²) in [5, 5.41) is 0.102. The minimum atomic E-state index is -3.59. The van der Waals surface area contributed by atoms with E-state index in [2.05, 4.69) is 4.98 Å². The molecule has 0 saturated carbocycles. The SMILES string of the molecule is Cc1nc(S(=O)(=O)Cc2ccc(C(N)=O)cc2)n(CC(C)C)c1C. The zero-order valence-electron chi connectivity index (χ0n) is 14.4. The van der Waals surface area contributed by atoms with Gasteiger partial charge in [0.15, 0.2) is 0 Å².